The Morgan fingerprint density at radius 1 is 1.50 bits per heavy atom. The van der Waals surface area contributed by atoms with Crippen LogP contribution in [0.3, 0.4) is 0 Å². The number of nitrogens with zero attached hydrogens (tertiary/aromatic N) is 4. The minimum atomic E-state index is -1.04. The fourth-order valence-corrected chi connectivity index (χ4v) is 1.38. The minimum absolute atomic E-state index is 0.0162. The zero-order valence-electron chi connectivity index (χ0n) is 8.66. The molecule has 1 N–H and O–H groups in total. The fourth-order valence-electron chi connectivity index (χ4n) is 1.38. The molecule has 2 aromatic heterocycles. The summed E-state index contributed by atoms with van der Waals surface area (Å²) >= 11 is 0. The molecule has 82 valence electrons. The van der Waals surface area contributed by atoms with Gasteiger partial charge in [0.15, 0.2) is 11.5 Å². The lowest BCUT2D eigenvalue weighted by molar-refractivity contribution is 0.0690. The number of aromatic carboxylic acids is 1. The Labute approximate surface area is 91.6 Å². The Balaban J connectivity index is 2.52. The zero-order valence-corrected chi connectivity index (χ0v) is 8.66. The Bertz CT molecular complexity index is 507. The highest BCUT2D eigenvalue weighted by Crippen LogP contribution is 2.10. The maximum atomic E-state index is 10.8. The first kappa shape index (κ1) is 10.3. The van der Waals surface area contributed by atoms with Gasteiger partial charge in [-0.15, -0.1) is 0 Å². The van der Waals surface area contributed by atoms with Gasteiger partial charge in [0.2, 0.25) is 0 Å². The first-order valence-corrected chi connectivity index (χ1v) is 4.81. The number of carboxylic acid groups (broad SMARTS) is 1. The lowest BCUT2D eigenvalue weighted by Gasteiger charge is -2.02. The van der Waals surface area contributed by atoms with E-state index in [1.54, 1.807) is 6.20 Å². The molecule has 2 aromatic rings. The lowest BCUT2D eigenvalue weighted by Crippen LogP contribution is -2.05. The van der Waals surface area contributed by atoms with E-state index in [0.29, 0.717) is 12.2 Å². The Morgan fingerprint density at radius 2 is 2.31 bits per heavy atom. The molecule has 0 spiro atoms. The first-order chi connectivity index (χ1) is 7.72. The molecule has 0 saturated heterocycles. The average Bonchev–Trinajstić information content (AvgIpc) is 2.74. The van der Waals surface area contributed by atoms with Gasteiger partial charge in [-0.1, -0.05) is 6.92 Å². The van der Waals surface area contributed by atoms with Crippen molar-refractivity contribution < 1.29 is 9.90 Å². The third kappa shape index (κ3) is 1.77. The number of rotatable bonds is 3. The number of aryl methyl sites for hydroxylation is 1. The highest BCUT2D eigenvalue weighted by Gasteiger charge is 2.13. The van der Waals surface area contributed by atoms with E-state index in [1.165, 1.54) is 23.1 Å². The van der Waals surface area contributed by atoms with Gasteiger partial charge in [0.1, 0.15) is 0 Å². The highest BCUT2D eigenvalue weighted by molar-refractivity contribution is 5.85. The molecule has 0 fully saturated rings. The van der Waals surface area contributed by atoms with Crippen LogP contribution in [0.4, 0.5) is 0 Å². The summed E-state index contributed by atoms with van der Waals surface area (Å²) in [4.78, 5) is 18.8. The molecule has 2 rings (SSSR count). The van der Waals surface area contributed by atoms with Crippen molar-refractivity contribution in [2.45, 2.75) is 13.3 Å². The van der Waals surface area contributed by atoms with Gasteiger partial charge in [-0.3, -0.25) is 4.98 Å². The van der Waals surface area contributed by atoms with E-state index in [1.807, 2.05) is 6.92 Å². The van der Waals surface area contributed by atoms with Crippen molar-refractivity contribution in [2.75, 3.05) is 0 Å². The average molecular weight is 218 g/mol. The molecule has 0 aromatic carbocycles. The van der Waals surface area contributed by atoms with Crippen LogP contribution in [0.1, 0.15) is 23.1 Å². The second kappa shape index (κ2) is 4.09. The van der Waals surface area contributed by atoms with Crippen LogP contribution in [-0.2, 0) is 6.42 Å². The molecule has 0 radical (unpaired) electrons. The zero-order chi connectivity index (χ0) is 11.5. The molecule has 0 aliphatic heterocycles. The summed E-state index contributed by atoms with van der Waals surface area (Å²) in [5, 5.41) is 12.8. The Kier molecular flexibility index (Phi) is 2.63. The quantitative estimate of drug-likeness (QED) is 0.828. The van der Waals surface area contributed by atoms with Gasteiger partial charge in [0, 0.05) is 18.1 Å². The van der Waals surface area contributed by atoms with Gasteiger partial charge < -0.3 is 5.11 Å². The molecule has 0 atom stereocenters. The first-order valence-electron chi connectivity index (χ1n) is 4.81. The summed E-state index contributed by atoms with van der Waals surface area (Å²) in [7, 11) is 0. The maximum absolute atomic E-state index is 10.8. The second-order valence-corrected chi connectivity index (χ2v) is 3.16. The van der Waals surface area contributed by atoms with Crippen LogP contribution in [0.2, 0.25) is 0 Å². The molecule has 0 aliphatic carbocycles. The molecule has 0 bridgehead atoms. The van der Waals surface area contributed by atoms with Gasteiger partial charge in [-0.2, -0.15) is 5.10 Å². The summed E-state index contributed by atoms with van der Waals surface area (Å²) in [6.07, 6.45) is 5.31. The van der Waals surface area contributed by atoms with E-state index < -0.39 is 5.97 Å². The van der Waals surface area contributed by atoms with Crippen molar-refractivity contribution in [1.29, 1.82) is 0 Å². The van der Waals surface area contributed by atoms with Gasteiger partial charge in [0.25, 0.3) is 0 Å². The number of hydrogen-bond donors (Lipinski definition) is 1. The van der Waals surface area contributed by atoms with E-state index in [0.717, 1.165) is 5.69 Å². The van der Waals surface area contributed by atoms with E-state index >= 15 is 0 Å². The van der Waals surface area contributed by atoms with Crippen molar-refractivity contribution in [3.8, 4) is 5.82 Å². The molecule has 16 heavy (non-hydrogen) atoms. The van der Waals surface area contributed by atoms with Crippen molar-refractivity contribution in [3.05, 3.63) is 36.0 Å². The van der Waals surface area contributed by atoms with Crippen LogP contribution in [0.5, 0.6) is 0 Å². The molecule has 2 heterocycles. The molecule has 6 nitrogen and oxygen atoms in total. The summed E-state index contributed by atoms with van der Waals surface area (Å²) in [6, 6.07) is 1.54. The van der Waals surface area contributed by atoms with Crippen LogP contribution in [0.25, 0.3) is 5.82 Å². The molecule has 0 amide bonds. The van der Waals surface area contributed by atoms with Gasteiger partial charge >= 0.3 is 5.97 Å². The normalized spacial score (nSPS) is 10.3. The van der Waals surface area contributed by atoms with Crippen LogP contribution >= 0.6 is 0 Å². The van der Waals surface area contributed by atoms with Crippen molar-refractivity contribution >= 4 is 5.97 Å². The minimum Gasteiger partial charge on any atom is -0.476 e. The molecule has 0 saturated carbocycles. The maximum Gasteiger partial charge on any atom is 0.356 e. The number of carbonyl (C=O) groups is 1. The van der Waals surface area contributed by atoms with E-state index in [2.05, 4.69) is 15.1 Å². The monoisotopic (exact) mass is 218 g/mol. The smallest absolute Gasteiger partial charge is 0.356 e. The predicted octanol–water partition coefficient (Wildman–Crippen LogP) is 0.923. The van der Waals surface area contributed by atoms with Crippen molar-refractivity contribution in [3.63, 3.8) is 0 Å². The summed E-state index contributed by atoms with van der Waals surface area (Å²) in [5.41, 5.74) is 0.806. The van der Waals surface area contributed by atoms with Crippen LogP contribution in [-0.4, -0.2) is 30.8 Å². The van der Waals surface area contributed by atoms with Gasteiger partial charge in [0.05, 0.1) is 6.20 Å². The summed E-state index contributed by atoms with van der Waals surface area (Å²) in [5.74, 6) is -0.524. The van der Waals surface area contributed by atoms with E-state index in [-0.39, 0.29) is 5.69 Å². The van der Waals surface area contributed by atoms with E-state index in [9.17, 15) is 4.79 Å². The molecular formula is C10H10N4O2. The summed E-state index contributed by atoms with van der Waals surface area (Å²) in [6.45, 7) is 1.93. The largest absolute Gasteiger partial charge is 0.476 e. The Morgan fingerprint density at radius 3 is 2.88 bits per heavy atom. The molecular weight excluding hydrogens is 208 g/mol. The number of carboxylic acids is 1. The second-order valence-electron chi connectivity index (χ2n) is 3.16. The molecule has 0 unspecified atom stereocenters. The SMILES string of the molecule is CCc1cc(C(=O)O)nn1-c1cnccn1. The standard InChI is InChI=1S/C10H10N4O2/c1-2-7-5-8(10(15)16)13-14(7)9-6-11-3-4-12-9/h3-6H,2H2,1H3,(H,15,16). The van der Waals surface area contributed by atoms with Crippen LogP contribution in [0.15, 0.2) is 24.7 Å². The fraction of sp³-hybridized carbons (Fsp3) is 0.200. The third-order valence-electron chi connectivity index (χ3n) is 2.13. The van der Waals surface area contributed by atoms with Gasteiger partial charge in [-0.25, -0.2) is 14.5 Å². The van der Waals surface area contributed by atoms with Crippen molar-refractivity contribution in [1.82, 2.24) is 19.7 Å². The van der Waals surface area contributed by atoms with E-state index in [4.69, 9.17) is 5.11 Å². The highest BCUT2D eigenvalue weighted by atomic mass is 16.4. The lowest BCUT2D eigenvalue weighted by atomic mass is 10.3. The molecule has 6 heteroatoms. The summed E-state index contributed by atoms with van der Waals surface area (Å²) < 4.78 is 1.50. The Hall–Kier alpha value is -2.24. The van der Waals surface area contributed by atoms with Gasteiger partial charge in [-0.05, 0) is 12.5 Å². The third-order valence-corrected chi connectivity index (χ3v) is 2.13. The predicted molar refractivity (Wildman–Crippen MR) is 55.5 cm³/mol. The molecule has 0 aliphatic rings. The topological polar surface area (TPSA) is 80.9 Å². The van der Waals surface area contributed by atoms with Crippen molar-refractivity contribution in [2.24, 2.45) is 0 Å². The van der Waals surface area contributed by atoms with Crippen LogP contribution in [0, 0.1) is 0 Å². The number of aromatic nitrogens is 4. The number of hydrogen-bond acceptors (Lipinski definition) is 4. The van der Waals surface area contributed by atoms with Crippen LogP contribution < -0.4 is 0 Å².